The standard InChI is InChI=1S/C12H20N2O2/c1-8(7-9(2)15)14-10-5-4-6-11(16-3)12(10)13/h4-6,8-9,14-15H,7,13H2,1-3H3. The Kier molecular flexibility index (Phi) is 4.43. The van der Waals surface area contributed by atoms with Gasteiger partial charge in [0.25, 0.3) is 0 Å². The summed E-state index contributed by atoms with van der Waals surface area (Å²) in [6.45, 7) is 3.78. The van der Waals surface area contributed by atoms with Gasteiger partial charge in [0.2, 0.25) is 0 Å². The lowest BCUT2D eigenvalue weighted by atomic mass is 10.1. The minimum atomic E-state index is -0.325. The van der Waals surface area contributed by atoms with Crippen molar-refractivity contribution in [3.05, 3.63) is 18.2 Å². The number of anilines is 2. The number of aliphatic hydroxyl groups is 1. The van der Waals surface area contributed by atoms with E-state index in [2.05, 4.69) is 5.32 Å². The Hall–Kier alpha value is -1.42. The smallest absolute Gasteiger partial charge is 0.143 e. The van der Waals surface area contributed by atoms with Gasteiger partial charge in [-0.15, -0.1) is 0 Å². The number of ether oxygens (including phenoxy) is 1. The third-order valence-corrected chi connectivity index (χ3v) is 2.38. The van der Waals surface area contributed by atoms with E-state index in [1.165, 1.54) is 0 Å². The van der Waals surface area contributed by atoms with E-state index in [0.717, 1.165) is 5.69 Å². The van der Waals surface area contributed by atoms with E-state index in [1.807, 2.05) is 25.1 Å². The maximum atomic E-state index is 9.27. The third-order valence-electron chi connectivity index (χ3n) is 2.38. The lowest BCUT2D eigenvalue weighted by molar-refractivity contribution is 0.179. The molecule has 0 amide bonds. The molecule has 0 aliphatic carbocycles. The van der Waals surface area contributed by atoms with Crippen LogP contribution in [0.2, 0.25) is 0 Å². The Morgan fingerprint density at radius 2 is 2.12 bits per heavy atom. The summed E-state index contributed by atoms with van der Waals surface area (Å²) in [5, 5.41) is 12.5. The van der Waals surface area contributed by atoms with Crippen LogP contribution in [-0.4, -0.2) is 24.4 Å². The second-order valence-electron chi connectivity index (χ2n) is 4.05. The molecule has 4 nitrogen and oxygen atoms in total. The van der Waals surface area contributed by atoms with Crippen molar-refractivity contribution in [2.24, 2.45) is 0 Å². The Balaban J connectivity index is 2.73. The molecule has 4 heteroatoms. The average Bonchev–Trinajstić information content (AvgIpc) is 2.20. The average molecular weight is 224 g/mol. The number of nitrogens with one attached hydrogen (secondary N) is 1. The molecule has 4 N–H and O–H groups in total. The van der Waals surface area contributed by atoms with Crippen molar-refractivity contribution in [1.82, 2.24) is 0 Å². The van der Waals surface area contributed by atoms with Crippen molar-refractivity contribution in [2.45, 2.75) is 32.4 Å². The summed E-state index contributed by atoms with van der Waals surface area (Å²) in [6, 6.07) is 5.76. The normalized spacial score (nSPS) is 14.2. The summed E-state index contributed by atoms with van der Waals surface area (Å²) in [5.41, 5.74) is 7.36. The minimum absolute atomic E-state index is 0.161. The zero-order valence-corrected chi connectivity index (χ0v) is 10.0. The Morgan fingerprint density at radius 3 is 2.69 bits per heavy atom. The van der Waals surface area contributed by atoms with Crippen LogP contribution in [0.25, 0.3) is 0 Å². The monoisotopic (exact) mass is 224 g/mol. The molecule has 1 aromatic rings. The van der Waals surface area contributed by atoms with Gasteiger partial charge in [0, 0.05) is 6.04 Å². The number of aliphatic hydroxyl groups excluding tert-OH is 1. The summed E-state index contributed by atoms with van der Waals surface area (Å²) in [4.78, 5) is 0. The summed E-state index contributed by atoms with van der Waals surface area (Å²) >= 11 is 0. The highest BCUT2D eigenvalue weighted by atomic mass is 16.5. The lowest BCUT2D eigenvalue weighted by Crippen LogP contribution is -2.21. The molecule has 0 saturated carbocycles. The molecular formula is C12H20N2O2. The fourth-order valence-electron chi connectivity index (χ4n) is 1.68. The number of hydrogen-bond acceptors (Lipinski definition) is 4. The molecule has 0 bridgehead atoms. The maximum absolute atomic E-state index is 9.27. The van der Waals surface area contributed by atoms with E-state index in [1.54, 1.807) is 14.0 Å². The van der Waals surface area contributed by atoms with Crippen molar-refractivity contribution in [1.29, 1.82) is 0 Å². The molecule has 0 heterocycles. The van der Waals surface area contributed by atoms with E-state index < -0.39 is 0 Å². The van der Waals surface area contributed by atoms with E-state index in [4.69, 9.17) is 10.5 Å². The molecule has 1 aromatic carbocycles. The molecule has 16 heavy (non-hydrogen) atoms. The summed E-state index contributed by atoms with van der Waals surface area (Å²) in [5.74, 6) is 0.661. The first-order valence-electron chi connectivity index (χ1n) is 5.41. The molecule has 0 aliphatic heterocycles. The lowest BCUT2D eigenvalue weighted by Gasteiger charge is -2.19. The van der Waals surface area contributed by atoms with Gasteiger partial charge in [-0.25, -0.2) is 0 Å². The van der Waals surface area contributed by atoms with Crippen LogP contribution >= 0.6 is 0 Å². The molecular weight excluding hydrogens is 204 g/mol. The SMILES string of the molecule is COc1cccc(NC(C)CC(C)O)c1N. The molecule has 0 saturated heterocycles. The minimum Gasteiger partial charge on any atom is -0.495 e. The van der Waals surface area contributed by atoms with Crippen molar-refractivity contribution < 1.29 is 9.84 Å². The van der Waals surface area contributed by atoms with E-state index in [-0.39, 0.29) is 12.1 Å². The van der Waals surface area contributed by atoms with Gasteiger partial charge in [-0.05, 0) is 32.4 Å². The van der Waals surface area contributed by atoms with Gasteiger partial charge in [0.15, 0.2) is 0 Å². The molecule has 0 fully saturated rings. The molecule has 2 unspecified atom stereocenters. The third kappa shape index (κ3) is 3.31. The molecule has 0 radical (unpaired) electrons. The molecule has 0 aliphatic rings. The highest BCUT2D eigenvalue weighted by Gasteiger charge is 2.09. The van der Waals surface area contributed by atoms with Gasteiger partial charge in [0.05, 0.1) is 24.6 Å². The first-order chi connectivity index (χ1) is 7.54. The number of rotatable bonds is 5. The van der Waals surface area contributed by atoms with Crippen LogP contribution in [0.5, 0.6) is 5.75 Å². The second-order valence-corrected chi connectivity index (χ2v) is 4.05. The van der Waals surface area contributed by atoms with Gasteiger partial charge < -0.3 is 20.9 Å². The second kappa shape index (κ2) is 5.61. The Labute approximate surface area is 96.4 Å². The molecule has 2 atom stereocenters. The first kappa shape index (κ1) is 12.6. The largest absolute Gasteiger partial charge is 0.495 e. The fraction of sp³-hybridized carbons (Fsp3) is 0.500. The molecule has 1 rings (SSSR count). The van der Waals surface area contributed by atoms with E-state index >= 15 is 0 Å². The van der Waals surface area contributed by atoms with Crippen LogP contribution in [0, 0.1) is 0 Å². The van der Waals surface area contributed by atoms with E-state index in [0.29, 0.717) is 17.9 Å². The summed E-state index contributed by atoms with van der Waals surface area (Å²) < 4.78 is 5.13. The fourth-order valence-corrected chi connectivity index (χ4v) is 1.68. The molecule has 0 aromatic heterocycles. The van der Waals surface area contributed by atoms with Crippen molar-refractivity contribution >= 4 is 11.4 Å². The number of methoxy groups -OCH3 is 1. The number of nitrogen functional groups attached to an aromatic ring is 1. The van der Waals surface area contributed by atoms with Crippen LogP contribution in [0.1, 0.15) is 20.3 Å². The Morgan fingerprint density at radius 1 is 1.44 bits per heavy atom. The van der Waals surface area contributed by atoms with Gasteiger partial charge in [-0.3, -0.25) is 0 Å². The summed E-state index contributed by atoms with van der Waals surface area (Å²) in [7, 11) is 1.59. The highest BCUT2D eigenvalue weighted by molar-refractivity contribution is 5.73. The van der Waals surface area contributed by atoms with Crippen LogP contribution in [0.4, 0.5) is 11.4 Å². The Bertz CT molecular complexity index is 340. The van der Waals surface area contributed by atoms with Crippen molar-refractivity contribution in [3.8, 4) is 5.75 Å². The number of para-hydroxylation sites is 1. The van der Waals surface area contributed by atoms with E-state index in [9.17, 15) is 5.11 Å². The van der Waals surface area contributed by atoms with Crippen molar-refractivity contribution in [2.75, 3.05) is 18.2 Å². The van der Waals surface area contributed by atoms with Gasteiger partial charge in [0.1, 0.15) is 5.75 Å². The van der Waals surface area contributed by atoms with Crippen LogP contribution in [0.3, 0.4) is 0 Å². The quantitative estimate of drug-likeness (QED) is 0.668. The number of nitrogens with two attached hydrogens (primary N) is 1. The maximum Gasteiger partial charge on any atom is 0.143 e. The molecule has 90 valence electrons. The van der Waals surface area contributed by atoms with Gasteiger partial charge >= 0.3 is 0 Å². The predicted molar refractivity (Wildman–Crippen MR) is 66.8 cm³/mol. The van der Waals surface area contributed by atoms with Crippen LogP contribution in [0.15, 0.2) is 18.2 Å². The van der Waals surface area contributed by atoms with Crippen LogP contribution < -0.4 is 15.8 Å². The van der Waals surface area contributed by atoms with Crippen molar-refractivity contribution in [3.63, 3.8) is 0 Å². The highest BCUT2D eigenvalue weighted by Crippen LogP contribution is 2.29. The topological polar surface area (TPSA) is 67.5 Å². The van der Waals surface area contributed by atoms with Gasteiger partial charge in [-0.2, -0.15) is 0 Å². The number of hydrogen-bond donors (Lipinski definition) is 3. The summed E-state index contributed by atoms with van der Waals surface area (Å²) in [6.07, 6.45) is 0.353. The van der Waals surface area contributed by atoms with Gasteiger partial charge in [-0.1, -0.05) is 6.07 Å². The molecule has 0 spiro atoms. The zero-order chi connectivity index (χ0) is 12.1. The number of benzene rings is 1. The first-order valence-corrected chi connectivity index (χ1v) is 5.41. The zero-order valence-electron chi connectivity index (χ0n) is 10.0. The predicted octanol–water partition coefficient (Wildman–Crippen LogP) is 1.85. The van der Waals surface area contributed by atoms with Crippen LogP contribution in [-0.2, 0) is 0 Å².